The highest BCUT2D eigenvalue weighted by Crippen LogP contribution is 2.40. The Morgan fingerprint density at radius 1 is 1.00 bits per heavy atom. The molecule has 2 heterocycles. The van der Waals surface area contributed by atoms with Gasteiger partial charge in [0.25, 0.3) is 0 Å². The molecule has 1 aliphatic rings. The van der Waals surface area contributed by atoms with Crippen molar-refractivity contribution in [3.05, 3.63) is 24.3 Å². The molecular weight excluding hydrogens is 380 g/mol. The normalized spacial score (nSPS) is 15.6. The van der Waals surface area contributed by atoms with E-state index in [0.717, 1.165) is 0 Å². The molecule has 0 saturated carbocycles. The third kappa shape index (κ3) is 4.71. The number of carbonyl (C=O) groups excluding carboxylic acids is 1. The molecule has 0 aliphatic carbocycles. The van der Waals surface area contributed by atoms with Gasteiger partial charge in [-0.1, -0.05) is 0 Å². The fourth-order valence-electron chi connectivity index (χ4n) is 3.01. The van der Waals surface area contributed by atoms with Gasteiger partial charge in [-0.25, -0.2) is 4.79 Å². The smallest absolute Gasteiger partial charge is 0.321 e. The van der Waals surface area contributed by atoms with Crippen molar-refractivity contribution >= 4 is 11.7 Å². The largest absolute Gasteiger partial charge is 0.493 e. The van der Waals surface area contributed by atoms with Crippen LogP contribution in [0.15, 0.2) is 24.3 Å². The minimum atomic E-state index is -0.244. The van der Waals surface area contributed by atoms with Crippen molar-refractivity contribution < 1.29 is 28.5 Å². The number of hydrogen-bond donors (Lipinski definition) is 1. The number of methoxy groups -OCH3 is 4. The Kier molecular flexibility index (Phi) is 6.43. The lowest BCUT2D eigenvalue weighted by Gasteiger charge is -2.19. The molecule has 0 spiro atoms. The molecule has 1 atom stereocenters. The molecule has 156 valence electrons. The number of benzene rings is 1. The van der Waals surface area contributed by atoms with Crippen molar-refractivity contribution in [2.24, 2.45) is 0 Å². The predicted molar refractivity (Wildman–Crippen MR) is 104 cm³/mol. The van der Waals surface area contributed by atoms with Crippen LogP contribution in [0.5, 0.6) is 29.0 Å². The zero-order valence-corrected chi connectivity index (χ0v) is 16.8. The van der Waals surface area contributed by atoms with E-state index in [-0.39, 0.29) is 12.1 Å². The summed E-state index contributed by atoms with van der Waals surface area (Å²) in [5.41, 5.74) is 0.537. The molecule has 1 aliphatic heterocycles. The van der Waals surface area contributed by atoms with Crippen molar-refractivity contribution in [3.63, 3.8) is 0 Å². The standard InChI is InChI=1S/C19H24N4O6/c1-25-14-9-12(10-15(26-2)18(14)28-4)20-19(24)23-8-7-13(11-23)29-17-6-5-16(27-3)21-22-17/h5-6,9-10,13H,7-8,11H2,1-4H3,(H,20,24). The van der Waals surface area contributed by atoms with Crippen LogP contribution < -0.4 is 29.0 Å². The van der Waals surface area contributed by atoms with Gasteiger partial charge in [-0.3, -0.25) is 0 Å². The lowest BCUT2D eigenvalue weighted by molar-refractivity contribution is 0.188. The molecule has 1 unspecified atom stereocenters. The minimum Gasteiger partial charge on any atom is -0.493 e. The number of carbonyl (C=O) groups is 1. The summed E-state index contributed by atoms with van der Waals surface area (Å²) in [6, 6.07) is 6.47. The van der Waals surface area contributed by atoms with Gasteiger partial charge in [0.05, 0.1) is 40.7 Å². The molecule has 2 aromatic rings. The molecule has 0 radical (unpaired) electrons. The van der Waals surface area contributed by atoms with Crippen LogP contribution in [0.25, 0.3) is 0 Å². The molecule has 3 rings (SSSR count). The molecule has 1 aromatic heterocycles. The highest BCUT2D eigenvalue weighted by molar-refractivity contribution is 5.90. The maximum absolute atomic E-state index is 12.7. The highest BCUT2D eigenvalue weighted by atomic mass is 16.5. The van der Waals surface area contributed by atoms with E-state index >= 15 is 0 Å². The van der Waals surface area contributed by atoms with Gasteiger partial charge in [-0.15, -0.1) is 10.2 Å². The molecule has 29 heavy (non-hydrogen) atoms. The molecule has 1 aromatic carbocycles. The molecular formula is C19H24N4O6. The van der Waals surface area contributed by atoms with E-state index in [9.17, 15) is 4.79 Å². The van der Waals surface area contributed by atoms with Crippen molar-refractivity contribution in [3.8, 4) is 29.0 Å². The van der Waals surface area contributed by atoms with Crippen molar-refractivity contribution in [1.29, 1.82) is 0 Å². The van der Waals surface area contributed by atoms with Gasteiger partial charge in [0.2, 0.25) is 17.5 Å². The molecule has 0 bridgehead atoms. The van der Waals surface area contributed by atoms with Crippen molar-refractivity contribution in [1.82, 2.24) is 15.1 Å². The number of likely N-dealkylation sites (tertiary alicyclic amines) is 1. The Morgan fingerprint density at radius 2 is 1.66 bits per heavy atom. The second kappa shape index (κ2) is 9.18. The average Bonchev–Trinajstić information content (AvgIpc) is 3.22. The highest BCUT2D eigenvalue weighted by Gasteiger charge is 2.28. The van der Waals surface area contributed by atoms with E-state index in [4.69, 9.17) is 23.7 Å². The SMILES string of the molecule is COc1ccc(OC2CCN(C(=O)Nc3cc(OC)c(OC)c(OC)c3)C2)nn1. The maximum atomic E-state index is 12.7. The van der Waals surface area contributed by atoms with Crippen LogP contribution in [-0.4, -0.2) is 68.8 Å². The summed E-state index contributed by atoms with van der Waals surface area (Å²) in [5.74, 6) is 2.19. The van der Waals surface area contributed by atoms with Gasteiger partial charge in [0, 0.05) is 37.2 Å². The van der Waals surface area contributed by atoms with E-state index in [0.29, 0.717) is 54.2 Å². The minimum absolute atomic E-state index is 0.164. The first-order valence-corrected chi connectivity index (χ1v) is 8.98. The van der Waals surface area contributed by atoms with Crippen LogP contribution in [0.2, 0.25) is 0 Å². The zero-order valence-electron chi connectivity index (χ0n) is 16.8. The van der Waals surface area contributed by atoms with Crippen LogP contribution >= 0.6 is 0 Å². The van der Waals surface area contributed by atoms with Gasteiger partial charge in [-0.05, 0) is 0 Å². The number of urea groups is 1. The average molecular weight is 404 g/mol. The summed E-state index contributed by atoms with van der Waals surface area (Å²) in [7, 11) is 6.09. The summed E-state index contributed by atoms with van der Waals surface area (Å²) >= 11 is 0. The lowest BCUT2D eigenvalue weighted by atomic mass is 10.2. The summed E-state index contributed by atoms with van der Waals surface area (Å²) in [6.07, 6.45) is 0.527. The molecule has 1 saturated heterocycles. The Bertz CT molecular complexity index is 820. The van der Waals surface area contributed by atoms with Crippen LogP contribution in [0.3, 0.4) is 0 Å². The number of aromatic nitrogens is 2. The fourth-order valence-corrected chi connectivity index (χ4v) is 3.01. The number of amides is 2. The summed E-state index contributed by atoms with van der Waals surface area (Å²) in [6.45, 7) is 0.995. The van der Waals surface area contributed by atoms with Gasteiger partial charge in [0.15, 0.2) is 11.5 Å². The predicted octanol–water partition coefficient (Wildman–Crippen LogP) is 2.20. The molecule has 10 heteroatoms. The second-order valence-electron chi connectivity index (χ2n) is 6.23. The van der Waals surface area contributed by atoms with E-state index in [1.54, 1.807) is 29.2 Å². The Morgan fingerprint density at radius 3 is 2.21 bits per heavy atom. The van der Waals surface area contributed by atoms with E-state index in [1.165, 1.54) is 28.4 Å². The van der Waals surface area contributed by atoms with Gasteiger partial charge in [-0.2, -0.15) is 0 Å². The Hall–Kier alpha value is -3.43. The Balaban J connectivity index is 1.61. The fraction of sp³-hybridized carbons (Fsp3) is 0.421. The topological polar surface area (TPSA) is 104 Å². The van der Waals surface area contributed by atoms with Crippen LogP contribution in [0.1, 0.15) is 6.42 Å². The van der Waals surface area contributed by atoms with Crippen molar-refractivity contribution in [2.45, 2.75) is 12.5 Å². The van der Waals surface area contributed by atoms with Crippen LogP contribution in [-0.2, 0) is 0 Å². The summed E-state index contributed by atoms with van der Waals surface area (Å²) < 4.78 is 26.7. The van der Waals surface area contributed by atoms with Crippen LogP contribution in [0.4, 0.5) is 10.5 Å². The van der Waals surface area contributed by atoms with Crippen molar-refractivity contribution in [2.75, 3.05) is 46.8 Å². The monoisotopic (exact) mass is 404 g/mol. The third-order valence-electron chi connectivity index (χ3n) is 4.46. The number of nitrogens with zero attached hydrogens (tertiary/aromatic N) is 3. The van der Waals surface area contributed by atoms with E-state index in [1.807, 2.05) is 0 Å². The van der Waals surface area contributed by atoms with E-state index < -0.39 is 0 Å². The quantitative estimate of drug-likeness (QED) is 0.749. The zero-order chi connectivity index (χ0) is 20.8. The molecule has 1 fully saturated rings. The lowest BCUT2D eigenvalue weighted by Crippen LogP contribution is -2.34. The number of hydrogen-bond acceptors (Lipinski definition) is 8. The van der Waals surface area contributed by atoms with Gasteiger partial charge in [0.1, 0.15) is 6.10 Å². The maximum Gasteiger partial charge on any atom is 0.321 e. The summed E-state index contributed by atoms with van der Waals surface area (Å²) in [5, 5.41) is 10.7. The Labute approximate surface area is 168 Å². The number of nitrogens with one attached hydrogen (secondary N) is 1. The first kappa shape index (κ1) is 20.3. The third-order valence-corrected chi connectivity index (χ3v) is 4.46. The summed E-state index contributed by atoms with van der Waals surface area (Å²) in [4.78, 5) is 14.3. The number of rotatable bonds is 7. The number of anilines is 1. The second-order valence-corrected chi connectivity index (χ2v) is 6.23. The molecule has 10 nitrogen and oxygen atoms in total. The number of ether oxygens (including phenoxy) is 5. The molecule has 2 amide bonds. The van der Waals surface area contributed by atoms with Crippen LogP contribution in [0, 0.1) is 0 Å². The van der Waals surface area contributed by atoms with Gasteiger partial charge >= 0.3 is 6.03 Å². The van der Waals surface area contributed by atoms with E-state index in [2.05, 4.69) is 15.5 Å². The molecule has 1 N–H and O–H groups in total. The first-order valence-electron chi connectivity index (χ1n) is 8.98. The first-order chi connectivity index (χ1) is 14.1. The van der Waals surface area contributed by atoms with Gasteiger partial charge < -0.3 is 33.9 Å².